The summed E-state index contributed by atoms with van der Waals surface area (Å²) in [5.74, 6) is 0.403. The molecule has 0 spiro atoms. The average Bonchev–Trinajstić information content (AvgIpc) is 3.43. The van der Waals surface area contributed by atoms with Crippen LogP contribution in [0.1, 0.15) is 15.4 Å². The molecule has 9 heteroatoms. The number of nitrogens with zero attached hydrogens (tertiary/aromatic N) is 4. The van der Waals surface area contributed by atoms with Gasteiger partial charge in [-0.2, -0.15) is 10.1 Å². The lowest BCUT2D eigenvalue weighted by Gasteiger charge is -2.11. The maximum absolute atomic E-state index is 13.5. The molecule has 0 N–H and O–H groups in total. The van der Waals surface area contributed by atoms with Gasteiger partial charge in [0.1, 0.15) is 5.75 Å². The van der Waals surface area contributed by atoms with Crippen molar-refractivity contribution in [3.05, 3.63) is 81.8 Å². The van der Waals surface area contributed by atoms with Crippen LogP contribution in [0.2, 0.25) is 0 Å². The van der Waals surface area contributed by atoms with Crippen molar-refractivity contribution >= 4 is 76.3 Å². The van der Waals surface area contributed by atoms with Crippen LogP contribution >= 0.6 is 38.6 Å². The molecule has 2 heterocycles. The molecule has 6 nitrogen and oxygen atoms in total. The number of carbonyl (C=O) groups is 1. The molecule has 0 aliphatic heterocycles. The number of hydrogen-bond acceptors (Lipinski definition) is 7. The van der Waals surface area contributed by atoms with Gasteiger partial charge in [-0.1, -0.05) is 51.5 Å². The quantitative estimate of drug-likeness (QED) is 0.199. The first kappa shape index (κ1) is 20.7. The van der Waals surface area contributed by atoms with Crippen molar-refractivity contribution < 1.29 is 9.53 Å². The van der Waals surface area contributed by atoms with Crippen molar-refractivity contribution in [2.45, 2.75) is 0 Å². The van der Waals surface area contributed by atoms with E-state index in [9.17, 15) is 4.79 Å². The number of methoxy groups -OCH3 is 1. The van der Waals surface area contributed by atoms with E-state index in [4.69, 9.17) is 4.74 Å². The number of hydrogen-bond donors (Lipinski definition) is 0. The molecule has 5 aromatic rings. The number of amides is 1. The summed E-state index contributed by atoms with van der Waals surface area (Å²) in [5, 5.41) is 6.64. The van der Waals surface area contributed by atoms with Gasteiger partial charge in [-0.3, -0.25) is 4.79 Å². The number of benzene rings is 3. The first-order chi connectivity index (χ1) is 15.6. The molecule has 32 heavy (non-hydrogen) atoms. The molecule has 3 aromatic carbocycles. The molecule has 0 bridgehead atoms. The molecule has 0 saturated carbocycles. The van der Waals surface area contributed by atoms with E-state index < -0.39 is 0 Å². The standard InChI is InChI=1S/C23H15BrN4O2S2/c1-30-16-10-11-18-20(12-16)32-23(27-18)28(25-13-14-6-8-15(24)9-7-14)22(29)21-26-17-4-2-3-5-19(17)31-21/h2-13H,1H3/b25-13+. The minimum atomic E-state index is -0.328. The number of aromatic nitrogens is 2. The third-order valence-electron chi connectivity index (χ3n) is 4.63. The molecule has 0 saturated heterocycles. The van der Waals surface area contributed by atoms with Crippen LogP contribution in [-0.4, -0.2) is 29.2 Å². The van der Waals surface area contributed by atoms with Crippen molar-refractivity contribution in [3.8, 4) is 5.75 Å². The van der Waals surface area contributed by atoms with E-state index in [0.717, 1.165) is 36.2 Å². The molecule has 0 aliphatic carbocycles. The van der Waals surface area contributed by atoms with Gasteiger partial charge in [0.15, 0.2) is 5.01 Å². The maximum Gasteiger partial charge on any atom is 0.309 e. The van der Waals surface area contributed by atoms with Gasteiger partial charge in [0, 0.05) is 4.47 Å². The SMILES string of the molecule is COc1ccc2nc(N(/N=C/c3ccc(Br)cc3)C(=O)c3nc4ccccc4s3)sc2c1. The molecule has 1 amide bonds. The molecule has 0 fully saturated rings. The van der Waals surface area contributed by atoms with Crippen LogP contribution < -0.4 is 9.75 Å². The number of hydrazone groups is 1. The van der Waals surface area contributed by atoms with Gasteiger partial charge in [0.05, 0.1) is 33.8 Å². The van der Waals surface area contributed by atoms with E-state index in [2.05, 4.69) is 31.0 Å². The zero-order valence-electron chi connectivity index (χ0n) is 16.7. The van der Waals surface area contributed by atoms with Gasteiger partial charge in [-0.25, -0.2) is 9.97 Å². The van der Waals surface area contributed by atoms with E-state index in [1.807, 2.05) is 66.7 Å². The summed E-state index contributed by atoms with van der Waals surface area (Å²) in [6, 6.07) is 21.0. The fraction of sp³-hybridized carbons (Fsp3) is 0.0435. The van der Waals surface area contributed by atoms with E-state index >= 15 is 0 Å². The number of para-hydroxylation sites is 1. The summed E-state index contributed by atoms with van der Waals surface area (Å²) in [6.45, 7) is 0. The zero-order valence-corrected chi connectivity index (χ0v) is 19.9. The number of halogens is 1. The van der Waals surface area contributed by atoms with E-state index in [0.29, 0.717) is 10.1 Å². The summed E-state index contributed by atoms with van der Waals surface area (Å²) in [4.78, 5) is 22.6. The monoisotopic (exact) mass is 522 g/mol. The Kier molecular flexibility index (Phi) is 5.69. The van der Waals surface area contributed by atoms with Crippen LogP contribution in [-0.2, 0) is 0 Å². The Morgan fingerprint density at radius 1 is 1.00 bits per heavy atom. The molecule has 0 aliphatic rings. The second kappa shape index (κ2) is 8.78. The van der Waals surface area contributed by atoms with Gasteiger partial charge < -0.3 is 4.74 Å². The number of carbonyl (C=O) groups excluding carboxylic acids is 1. The molecule has 0 radical (unpaired) electrons. The Hall–Kier alpha value is -3.14. The fourth-order valence-corrected chi connectivity index (χ4v) is 5.13. The lowest BCUT2D eigenvalue weighted by atomic mass is 10.2. The van der Waals surface area contributed by atoms with Crippen LogP contribution in [0.4, 0.5) is 5.13 Å². The molecule has 0 atom stereocenters. The smallest absolute Gasteiger partial charge is 0.309 e. The highest BCUT2D eigenvalue weighted by Gasteiger charge is 2.24. The molecule has 2 aromatic heterocycles. The van der Waals surface area contributed by atoms with Crippen molar-refractivity contribution in [3.63, 3.8) is 0 Å². The minimum Gasteiger partial charge on any atom is -0.497 e. The van der Waals surface area contributed by atoms with Crippen molar-refractivity contribution in [2.24, 2.45) is 5.10 Å². The Morgan fingerprint density at radius 3 is 2.56 bits per heavy atom. The molecular formula is C23H15BrN4O2S2. The predicted octanol–water partition coefficient (Wildman–Crippen LogP) is 6.36. The molecule has 158 valence electrons. The van der Waals surface area contributed by atoms with Gasteiger partial charge >= 0.3 is 5.91 Å². The summed E-state index contributed by atoms with van der Waals surface area (Å²) >= 11 is 6.14. The number of anilines is 1. The number of ether oxygens (including phenoxy) is 1. The van der Waals surface area contributed by atoms with Crippen molar-refractivity contribution in [2.75, 3.05) is 12.1 Å². The maximum atomic E-state index is 13.5. The van der Waals surface area contributed by atoms with E-state index in [1.54, 1.807) is 13.3 Å². The van der Waals surface area contributed by atoms with Crippen molar-refractivity contribution in [1.82, 2.24) is 9.97 Å². The lowest BCUT2D eigenvalue weighted by Crippen LogP contribution is -2.25. The highest BCUT2D eigenvalue weighted by atomic mass is 79.9. The van der Waals surface area contributed by atoms with Gasteiger partial charge in [-0.05, 0) is 48.0 Å². The molecule has 0 unspecified atom stereocenters. The van der Waals surface area contributed by atoms with Gasteiger partial charge in [0.2, 0.25) is 5.13 Å². The normalized spacial score (nSPS) is 11.4. The second-order valence-electron chi connectivity index (χ2n) is 6.73. The Labute approximate surface area is 199 Å². The number of thiazole rings is 2. The highest BCUT2D eigenvalue weighted by Crippen LogP contribution is 2.33. The first-order valence-corrected chi connectivity index (χ1v) is 12.0. The van der Waals surface area contributed by atoms with Crippen LogP contribution in [0.5, 0.6) is 5.75 Å². The van der Waals surface area contributed by atoms with Gasteiger partial charge in [-0.15, -0.1) is 11.3 Å². The van der Waals surface area contributed by atoms with Crippen LogP contribution in [0.3, 0.4) is 0 Å². The Morgan fingerprint density at radius 2 is 1.78 bits per heavy atom. The van der Waals surface area contributed by atoms with Crippen LogP contribution in [0.15, 0.2) is 76.3 Å². The Bertz CT molecular complexity index is 1430. The average molecular weight is 523 g/mol. The lowest BCUT2D eigenvalue weighted by molar-refractivity contribution is 0.0987. The minimum absolute atomic E-state index is 0.328. The molecular weight excluding hydrogens is 508 g/mol. The largest absolute Gasteiger partial charge is 0.497 e. The van der Waals surface area contributed by atoms with Gasteiger partial charge in [0.25, 0.3) is 0 Å². The fourth-order valence-electron chi connectivity index (χ4n) is 3.03. The summed E-state index contributed by atoms with van der Waals surface area (Å²) < 4.78 is 8.13. The number of rotatable bonds is 5. The van der Waals surface area contributed by atoms with Crippen molar-refractivity contribution in [1.29, 1.82) is 0 Å². The summed E-state index contributed by atoms with van der Waals surface area (Å²) in [5.41, 5.74) is 2.41. The summed E-state index contributed by atoms with van der Waals surface area (Å²) in [6.07, 6.45) is 1.64. The first-order valence-electron chi connectivity index (χ1n) is 9.55. The highest BCUT2D eigenvalue weighted by molar-refractivity contribution is 9.10. The molecule has 5 rings (SSSR count). The predicted molar refractivity (Wildman–Crippen MR) is 134 cm³/mol. The second-order valence-corrected chi connectivity index (χ2v) is 9.69. The zero-order chi connectivity index (χ0) is 22.1. The topological polar surface area (TPSA) is 67.7 Å². The third-order valence-corrected chi connectivity index (χ3v) is 7.17. The third kappa shape index (κ3) is 4.14. The van der Waals surface area contributed by atoms with Crippen LogP contribution in [0.25, 0.3) is 20.4 Å². The van der Waals surface area contributed by atoms with E-state index in [1.165, 1.54) is 27.7 Å². The Balaban J connectivity index is 1.57. The van der Waals surface area contributed by atoms with E-state index in [-0.39, 0.29) is 5.91 Å². The summed E-state index contributed by atoms with van der Waals surface area (Å²) in [7, 11) is 1.62. The number of fused-ring (bicyclic) bond motifs is 2. The van der Waals surface area contributed by atoms with Crippen LogP contribution in [0, 0.1) is 0 Å².